The van der Waals surface area contributed by atoms with Gasteiger partial charge in [0.2, 0.25) is 0 Å². The molecule has 3 nitrogen and oxygen atoms in total. The van der Waals surface area contributed by atoms with Gasteiger partial charge in [0.1, 0.15) is 11.5 Å². The monoisotopic (exact) mass is 237 g/mol. The van der Waals surface area contributed by atoms with E-state index in [0.717, 1.165) is 30.0 Å². The van der Waals surface area contributed by atoms with E-state index in [2.05, 4.69) is 25.2 Å². The Kier molecular flexibility index (Phi) is 5.29. The van der Waals surface area contributed by atoms with E-state index in [0.29, 0.717) is 6.04 Å². The first kappa shape index (κ1) is 13.8. The molecule has 3 heteroatoms. The number of ether oxygens (including phenoxy) is 2. The number of aryl methyl sites for hydroxylation is 1. The topological polar surface area (TPSA) is 30.5 Å². The first-order chi connectivity index (χ1) is 8.08. The third-order valence-electron chi connectivity index (χ3n) is 2.74. The predicted octanol–water partition coefficient (Wildman–Crippen LogP) is 2.55. The molecule has 0 aliphatic carbocycles. The lowest BCUT2D eigenvalue weighted by Crippen LogP contribution is -2.25. The molecule has 1 aromatic carbocycles. The summed E-state index contributed by atoms with van der Waals surface area (Å²) in [5, 5.41) is 3.40. The average molecular weight is 237 g/mol. The Balaban J connectivity index is 2.81. The molecule has 0 heterocycles. The van der Waals surface area contributed by atoms with Crippen LogP contribution < -0.4 is 14.8 Å². The van der Waals surface area contributed by atoms with Gasteiger partial charge >= 0.3 is 0 Å². The average Bonchev–Trinajstić information content (AvgIpc) is 2.30. The first-order valence-corrected chi connectivity index (χ1v) is 6.03. The van der Waals surface area contributed by atoms with Crippen molar-refractivity contribution in [1.82, 2.24) is 5.32 Å². The summed E-state index contributed by atoms with van der Waals surface area (Å²) < 4.78 is 10.7. The van der Waals surface area contributed by atoms with E-state index in [4.69, 9.17) is 9.47 Å². The van der Waals surface area contributed by atoms with E-state index >= 15 is 0 Å². The number of benzene rings is 1. The second kappa shape index (κ2) is 6.50. The third-order valence-corrected chi connectivity index (χ3v) is 2.74. The van der Waals surface area contributed by atoms with Crippen molar-refractivity contribution in [2.24, 2.45) is 0 Å². The van der Waals surface area contributed by atoms with Crippen LogP contribution in [0.1, 0.15) is 25.0 Å². The third kappa shape index (κ3) is 3.93. The summed E-state index contributed by atoms with van der Waals surface area (Å²) in [5.41, 5.74) is 2.29. The summed E-state index contributed by atoms with van der Waals surface area (Å²) in [6, 6.07) is 4.60. The van der Waals surface area contributed by atoms with Crippen LogP contribution in [0.4, 0.5) is 0 Å². The van der Waals surface area contributed by atoms with Crippen molar-refractivity contribution < 1.29 is 9.47 Å². The minimum absolute atomic E-state index is 0.508. The molecular weight excluding hydrogens is 214 g/mol. The maximum Gasteiger partial charge on any atom is 0.122 e. The lowest BCUT2D eigenvalue weighted by atomic mass is 10.1. The van der Waals surface area contributed by atoms with Crippen LogP contribution in [-0.4, -0.2) is 26.8 Å². The lowest BCUT2D eigenvalue weighted by molar-refractivity contribution is 0.395. The molecule has 0 unspecified atom stereocenters. The molecule has 1 aromatic rings. The largest absolute Gasteiger partial charge is 0.496 e. The van der Waals surface area contributed by atoms with Crippen molar-refractivity contribution in [3.8, 4) is 11.5 Å². The fourth-order valence-corrected chi connectivity index (χ4v) is 1.80. The number of nitrogens with one attached hydrogen (secondary N) is 1. The molecule has 0 saturated heterocycles. The lowest BCUT2D eigenvalue weighted by Gasteiger charge is -2.14. The minimum Gasteiger partial charge on any atom is -0.496 e. The van der Waals surface area contributed by atoms with Crippen LogP contribution >= 0.6 is 0 Å². The molecule has 0 amide bonds. The summed E-state index contributed by atoms with van der Waals surface area (Å²) in [6.07, 6.45) is 0.942. The second-order valence-electron chi connectivity index (χ2n) is 4.49. The Morgan fingerprint density at radius 1 is 1.12 bits per heavy atom. The van der Waals surface area contributed by atoms with E-state index < -0.39 is 0 Å². The van der Waals surface area contributed by atoms with E-state index in [1.807, 2.05) is 13.0 Å². The van der Waals surface area contributed by atoms with Gasteiger partial charge in [-0.2, -0.15) is 0 Å². The van der Waals surface area contributed by atoms with E-state index in [9.17, 15) is 0 Å². The van der Waals surface area contributed by atoms with Crippen molar-refractivity contribution in [2.75, 3.05) is 20.8 Å². The Morgan fingerprint density at radius 3 is 2.29 bits per heavy atom. The minimum atomic E-state index is 0.508. The number of methoxy groups -OCH3 is 2. The molecule has 0 bridgehead atoms. The summed E-state index contributed by atoms with van der Waals surface area (Å²) in [6.45, 7) is 7.26. The summed E-state index contributed by atoms with van der Waals surface area (Å²) in [5.74, 6) is 1.86. The van der Waals surface area contributed by atoms with Crippen molar-refractivity contribution >= 4 is 0 Å². The van der Waals surface area contributed by atoms with Crippen LogP contribution in [0.15, 0.2) is 12.1 Å². The van der Waals surface area contributed by atoms with Gasteiger partial charge in [-0.15, -0.1) is 0 Å². The summed E-state index contributed by atoms with van der Waals surface area (Å²) in [7, 11) is 3.41. The summed E-state index contributed by atoms with van der Waals surface area (Å²) >= 11 is 0. The molecule has 1 rings (SSSR count). The van der Waals surface area contributed by atoms with Crippen molar-refractivity contribution in [2.45, 2.75) is 33.2 Å². The van der Waals surface area contributed by atoms with Crippen LogP contribution in [0.5, 0.6) is 11.5 Å². The predicted molar refractivity (Wildman–Crippen MR) is 71.1 cm³/mol. The first-order valence-electron chi connectivity index (χ1n) is 6.03. The SMILES string of the molecule is COc1cc(CCNC(C)C)c(OC)cc1C. The van der Waals surface area contributed by atoms with Crippen molar-refractivity contribution in [3.63, 3.8) is 0 Å². The molecule has 0 saturated carbocycles. The van der Waals surface area contributed by atoms with Gasteiger partial charge in [-0.05, 0) is 43.1 Å². The van der Waals surface area contributed by atoms with Gasteiger partial charge in [-0.25, -0.2) is 0 Å². The van der Waals surface area contributed by atoms with Gasteiger partial charge in [0.25, 0.3) is 0 Å². The molecule has 1 N–H and O–H groups in total. The Bertz CT molecular complexity index is 361. The van der Waals surface area contributed by atoms with Crippen LogP contribution in [0.25, 0.3) is 0 Å². The Hall–Kier alpha value is -1.22. The Morgan fingerprint density at radius 2 is 1.76 bits per heavy atom. The van der Waals surface area contributed by atoms with Gasteiger partial charge in [0, 0.05) is 6.04 Å². The maximum atomic E-state index is 5.40. The smallest absolute Gasteiger partial charge is 0.122 e. The van der Waals surface area contributed by atoms with Crippen LogP contribution in [0, 0.1) is 6.92 Å². The highest BCUT2D eigenvalue weighted by Gasteiger charge is 2.08. The molecule has 0 radical (unpaired) electrons. The van der Waals surface area contributed by atoms with Crippen LogP contribution in [0.2, 0.25) is 0 Å². The zero-order valence-corrected chi connectivity index (χ0v) is 11.5. The van der Waals surface area contributed by atoms with Crippen molar-refractivity contribution in [1.29, 1.82) is 0 Å². The zero-order valence-electron chi connectivity index (χ0n) is 11.5. The van der Waals surface area contributed by atoms with Crippen molar-refractivity contribution in [3.05, 3.63) is 23.3 Å². The highest BCUT2D eigenvalue weighted by atomic mass is 16.5. The highest BCUT2D eigenvalue weighted by molar-refractivity contribution is 5.46. The zero-order chi connectivity index (χ0) is 12.8. The van der Waals surface area contributed by atoms with E-state index in [1.54, 1.807) is 14.2 Å². The number of rotatable bonds is 6. The molecule has 0 atom stereocenters. The van der Waals surface area contributed by atoms with E-state index in [1.165, 1.54) is 5.56 Å². The molecule has 96 valence electrons. The normalized spacial score (nSPS) is 10.7. The molecule has 0 spiro atoms. The maximum absolute atomic E-state index is 5.40. The van der Waals surface area contributed by atoms with Crippen LogP contribution in [0.3, 0.4) is 0 Å². The molecule has 17 heavy (non-hydrogen) atoms. The van der Waals surface area contributed by atoms with Gasteiger partial charge < -0.3 is 14.8 Å². The molecule has 0 aliphatic rings. The molecule has 0 fully saturated rings. The fraction of sp³-hybridized carbons (Fsp3) is 0.571. The number of hydrogen-bond donors (Lipinski definition) is 1. The van der Waals surface area contributed by atoms with Gasteiger partial charge in [0.15, 0.2) is 0 Å². The fourth-order valence-electron chi connectivity index (χ4n) is 1.80. The van der Waals surface area contributed by atoms with Gasteiger partial charge in [0.05, 0.1) is 14.2 Å². The van der Waals surface area contributed by atoms with E-state index in [-0.39, 0.29) is 0 Å². The molecule has 0 aromatic heterocycles. The quantitative estimate of drug-likeness (QED) is 0.825. The van der Waals surface area contributed by atoms with Crippen LogP contribution in [-0.2, 0) is 6.42 Å². The number of hydrogen-bond acceptors (Lipinski definition) is 3. The molecule has 0 aliphatic heterocycles. The van der Waals surface area contributed by atoms with Gasteiger partial charge in [-0.3, -0.25) is 0 Å². The second-order valence-corrected chi connectivity index (χ2v) is 4.49. The standard InChI is InChI=1S/C14H23NO2/c1-10(2)15-7-6-12-9-13(16-4)11(3)8-14(12)17-5/h8-10,15H,6-7H2,1-5H3. The molecular formula is C14H23NO2. The summed E-state index contributed by atoms with van der Waals surface area (Å²) in [4.78, 5) is 0. The Labute approximate surface area is 104 Å². The highest BCUT2D eigenvalue weighted by Crippen LogP contribution is 2.28. The van der Waals surface area contributed by atoms with Gasteiger partial charge in [-0.1, -0.05) is 13.8 Å².